The normalized spacial score (nSPS) is 12.6. The Kier molecular flexibility index (Phi) is 6.86. The van der Waals surface area contributed by atoms with Crippen LogP contribution in [0.4, 0.5) is 0 Å². The maximum atomic E-state index is 5.50. The fourth-order valence-corrected chi connectivity index (χ4v) is 1.70. The Morgan fingerprint density at radius 1 is 1.19 bits per heavy atom. The summed E-state index contributed by atoms with van der Waals surface area (Å²) in [5, 5.41) is 3.53. The summed E-state index contributed by atoms with van der Waals surface area (Å²) in [5.74, 6) is 0. The van der Waals surface area contributed by atoms with E-state index in [2.05, 4.69) is 42.6 Å². The van der Waals surface area contributed by atoms with Crippen molar-refractivity contribution < 1.29 is 4.74 Å². The molecule has 0 bridgehead atoms. The fraction of sp³-hybridized carbons (Fsp3) is 0.571. The first-order valence-corrected chi connectivity index (χ1v) is 6.21. The van der Waals surface area contributed by atoms with Gasteiger partial charge in [0.2, 0.25) is 0 Å². The number of rotatable bonds is 8. The predicted octanol–water partition coefficient (Wildman–Crippen LogP) is 2.63. The van der Waals surface area contributed by atoms with Crippen LogP contribution in [-0.2, 0) is 11.2 Å². The van der Waals surface area contributed by atoms with Gasteiger partial charge >= 0.3 is 0 Å². The van der Waals surface area contributed by atoms with E-state index < -0.39 is 0 Å². The van der Waals surface area contributed by atoms with Crippen molar-refractivity contribution in [2.75, 3.05) is 19.8 Å². The summed E-state index contributed by atoms with van der Waals surface area (Å²) in [6.07, 6.45) is 2.21. The van der Waals surface area contributed by atoms with Gasteiger partial charge in [-0.3, -0.25) is 0 Å². The van der Waals surface area contributed by atoms with Crippen molar-refractivity contribution in [3.05, 3.63) is 35.9 Å². The summed E-state index contributed by atoms with van der Waals surface area (Å²) in [6.45, 7) is 6.88. The van der Waals surface area contributed by atoms with E-state index in [-0.39, 0.29) is 0 Å². The molecule has 0 aliphatic rings. The van der Waals surface area contributed by atoms with E-state index in [0.717, 1.165) is 32.6 Å². The quantitative estimate of drug-likeness (QED) is 0.728. The highest BCUT2D eigenvalue weighted by atomic mass is 16.5. The summed E-state index contributed by atoms with van der Waals surface area (Å²) >= 11 is 0. The van der Waals surface area contributed by atoms with Gasteiger partial charge in [0.1, 0.15) is 0 Å². The van der Waals surface area contributed by atoms with E-state index in [1.807, 2.05) is 6.92 Å². The van der Waals surface area contributed by atoms with E-state index in [9.17, 15) is 0 Å². The lowest BCUT2D eigenvalue weighted by Crippen LogP contribution is -2.36. The van der Waals surface area contributed by atoms with Crippen LogP contribution < -0.4 is 5.32 Å². The highest BCUT2D eigenvalue weighted by Gasteiger charge is 2.08. The van der Waals surface area contributed by atoms with Crippen molar-refractivity contribution in [2.45, 2.75) is 32.7 Å². The molecule has 0 spiro atoms. The van der Waals surface area contributed by atoms with Gasteiger partial charge in [-0.15, -0.1) is 0 Å². The van der Waals surface area contributed by atoms with Crippen LogP contribution in [0.3, 0.4) is 0 Å². The van der Waals surface area contributed by atoms with Crippen LogP contribution in [0, 0.1) is 0 Å². The molecule has 0 aliphatic carbocycles. The van der Waals surface area contributed by atoms with Crippen molar-refractivity contribution in [1.29, 1.82) is 0 Å². The zero-order chi connectivity index (χ0) is 11.6. The molecule has 1 aromatic carbocycles. The predicted molar refractivity (Wildman–Crippen MR) is 68.7 cm³/mol. The minimum absolute atomic E-state index is 0.433. The van der Waals surface area contributed by atoms with E-state index in [4.69, 9.17) is 4.74 Å². The van der Waals surface area contributed by atoms with E-state index in [0.29, 0.717) is 6.04 Å². The van der Waals surface area contributed by atoms with E-state index in [1.54, 1.807) is 0 Å². The Hall–Kier alpha value is -0.860. The zero-order valence-electron chi connectivity index (χ0n) is 10.4. The molecule has 0 saturated carbocycles. The Labute approximate surface area is 99.0 Å². The summed E-state index contributed by atoms with van der Waals surface area (Å²) in [5.41, 5.74) is 1.37. The molecule has 1 unspecified atom stereocenters. The third-order valence-corrected chi connectivity index (χ3v) is 2.53. The third kappa shape index (κ3) is 5.29. The zero-order valence-corrected chi connectivity index (χ0v) is 10.4. The molecule has 90 valence electrons. The SMILES string of the molecule is CCCNC(COCC)Cc1ccccc1. The number of hydrogen-bond donors (Lipinski definition) is 1. The number of hydrogen-bond acceptors (Lipinski definition) is 2. The van der Waals surface area contributed by atoms with Gasteiger partial charge in [-0.1, -0.05) is 37.3 Å². The molecule has 2 heteroatoms. The lowest BCUT2D eigenvalue weighted by atomic mass is 10.1. The minimum Gasteiger partial charge on any atom is -0.380 e. The largest absolute Gasteiger partial charge is 0.380 e. The van der Waals surface area contributed by atoms with E-state index >= 15 is 0 Å². The summed E-state index contributed by atoms with van der Waals surface area (Å²) in [4.78, 5) is 0. The number of ether oxygens (including phenoxy) is 1. The van der Waals surface area contributed by atoms with Crippen LogP contribution >= 0.6 is 0 Å². The second kappa shape index (κ2) is 8.31. The molecule has 0 saturated heterocycles. The second-order valence-corrected chi connectivity index (χ2v) is 4.00. The molecular weight excluding hydrogens is 198 g/mol. The maximum absolute atomic E-state index is 5.50. The van der Waals surface area contributed by atoms with Crippen LogP contribution in [0.1, 0.15) is 25.8 Å². The molecule has 1 N–H and O–H groups in total. The van der Waals surface area contributed by atoms with Crippen LogP contribution in [0.2, 0.25) is 0 Å². The molecule has 2 nitrogen and oxygen atoms in total. The van der Waals surface area contributed by atoms with Gasteiger partial charge < -0.3 is 10.1 Å². The van der Waals surface area contributed by atoms with Crippen LogP contribution in [0.15, 0.2) is 30.3 Å². The first kappa shape index (κ1) is 13.2. The second-order valence-electron chi connectivity index (χ2n) is 4.00. The lowest BCUT2D eigenvalue weighted by molar-refractivity contribution is 0.122. The number of nitrogens with one attached hydrogen (secondary N) is 1. The van der Waals surface area contributed by atoms with Gasteiger partial charge in [0.15, 0.2) is 0 Å². The molecule has 16 heavy (non-hydrogen) atoms. The first-order chi connectivity index (χ1) is 7.86. The number of benzene rings is 1. The van der Waals surface area contributed by atoms with Gasteiger partial charge in [-0.25, -0.2) is 0 Å². The van der Waals surface area contributed by atoms with Gasteiger partial charge in [-0.05, 0) is 31.9 Å². The topological polar surface area (TPSA) is 21.3 Å². The Bertz CT molecular complexity index is 253. The first-order valence-electron chi connectivity index (χ1n) is 6.21. The Balaban J connectivity index is 2.42. The lowest BCUT2D eigenvalue weighted by Gasteiger charge is -2.18. The van der Waals surface area contributed by atoms with Gasteiger partial charge in [0, 0.05) is 12.6 Å². The standard InChI is InChI=1S/C14H23NO/c1-3-10-15-14(12-16-4-2)11-13-8-6-5-7-9-13/h5-9,14-15H,3-4,10-12H2,1-2H3. The molecule has 0 fully saturated rings. The average Bonchev–Trinajstić information content (AvgIpc) is 2.34. The summed E-state index contributed by atoms with van der Waals surface area (Å²) < 4.78 is 5.50. The molecule has 0 radical (unpaired) electrons. The molecule has 1 atom stereocenters. The molecular formula is C14H23NO. The highest BCUT2D eigenvalue weighted by molar-refractivity contribution is 5.15. The molecule has 0 amide bonds. The smallest absolute Gasteiger partial charge is 0.0622 e. The molecule has 1 aromatic rings. The maximum Gasteiger partial charge on any atom is 0.0622 e. The summed E-state index contributed by atoms with van der Waals surface area (Å²) in [6, 6.07) is 11.0. The van der Waals surface area contributed by atoms with Crippen LogP contribution in [0.25, 0.3) is 0 Å². The van der Waals surface area contributed by atoms with Crippen molar-refractivity contribution in [3.63, 3.8) is 0 Å². The molecule has 0 aromatic heterocycles. The minimum atomic E-state index is 0.433. The van der Waals surface area contributed by atoms with Crippen molar-refractivity contribution in [2.24, 2.45) is 0 Å². The van der Waals surface area contributed by atoms with Crippen molar-refractivity contribution >= 4 is 0 Å². The summed E-state index contributed by atoms with van der Waals surface area (Å²) in [7, 11) is 0. The molecule has 1 rings (SSSR count). The van der Waals surface area contributed by atoms with Crippen LogP contribution in [0.5, 0.6) is 0 Å². The van der Waals surface area contributed by atoms with E-state index in [1.165, 1.54) is 5.56 Å². The monoisotopic (exact) mass is 221 g/mol. The van der Waals surface area contributed by atoms with Crippen molar-refractivity contribution in [1.82, 2.24) is 5.32 Å². The van der Waals surface area contributed by atoms with Gasteiger partial charge in [-0.2, -0.15) is 0 Å². The molecule has 0 aliphatic heterocycles. The van der Waals surface area contributed by atoms with Crippen LogP contribution in [-0.4, -0.2) is 25.8 Å². The Morgan fingerprint density at radius 2 is 1.94 bits per heavy atom. The highest BCUT2D eigenvalue weighted by Crippen LogP contribution is 2.03. The average molecular weight is 221 g/mol. The Morgan fingerprint density at radius 3 is 2.56 bits per heavy atom. The van der Waals surface area contributed by atoms with Crippen molar-refractivity contribution in [3.8, 4) is 0 Å². The third-order valence-electron chi connectivity index (χ3n) is 2.53. The fourth-order valence-electron chi connectivity index (χ4n) is 1.70. The van der Waals surface area contributed by atoms with Gasteiger partial charge in [0.05, 0.1) is 6.61 Å². The van der Waals surface area contributed by atoms with Gasteiger partial charge in [0.25, 0.3) is 0 Å². The molecule has 0 heterocycles.